The first kappa shape index (κ1) is 16.7. The molecule has 114 valence electrons. The van der Waals surface area contributed by atoms with Gasteiger partial charge in [0.05, 0.1) is 5.56 Å². The van der Waals surface area contributed by atoms with Crippen LogP contribution in [0.1, 0.15) is 37.8 Å². The predicted octanol–water partition coefficient (Wildman–Crippen LogP) is 5.16. The van der Waals surface area contributed by atoms with Crippen molar-refractivity contribution in [2.45, 2.75) is 45.1 Å². The van der Waals surface area contributed by atoms with Crippen molar-refractivity contribution in [3.8, 4) is 5.75 Å². The van der Waals surface area contributed by atoms with Gasteiger partial charge in [0, 0.05) is 0 Å². The van der Waals surface area contributed by atoms with E-state index in [1.807, 2.05) is 0 Å². The maximum absolute atomic E-state index is 12.9. The molecule has 0 spiro atoms. The van der Waals surface area contributed by atoms with Gasteiger partial charge in [-0.3, -0.25) is 0 Å². The molecule has 0 amide bonds. The summed E-state index contributed by atoms with van der Waals surface area (Å²) in [5.74, 6) is -0.989. The fourth-order valence-corrected chi connectivity index (χ4v) is 1.49. The second kappa shape index (κ2) is 5.54. The molecule has 0 unspecified atom stereocenters. The Balaban J connectivity index is 3.20. The minimum Gasteiger partial charge on any atom is -0.481 e. The molecule has 0 saturated heterocycles. The molecule has 0 aromatic heterocycles. The molecule has 0 bridgehead atoms. The Hall–Kier alpha value is -1.40. The van der Waals surface area contributed by atoms with Crippen molar-refractivity contribution in [2.24, 2.45) is 0 Å². The van der Waals surface area contributed by atoms with E-state index < -0.39 is 29.8 Å². The highest BCUT2D eigenvalue weighted by atomic mass is 19.4. The molecule has 0 aliphatic rings. The van der Waals surface area contributed by atoms with Gasteiger partial charge >= 0.3 is 12.4 Å². The first-order valence-electron chi connectivity index (χ1n) is 5.87. The smallest absolute Gasteiger partial charge is 0.425 e. The zero-order valence-electron chi connectivity index (χ0n) is 11.1. The van der Waals surface area contributed by atoms with Crippen molar-refractivity contribution in [3.63, 3.8) is 0 Å². The van der Waals surface area contributed by atoms with Crippen molar-refractivity contribution in [3.05, 3.63) is 29.3 Å². The highest BCUT2D eigenvalue weighted by Gasteiger charge is 2.41. The van der Waals surface area contributed by atoms with E-state index in [1.54, 1.807) is 13.8 Å². The summed E-state index contributed by atoms with van der Waals surface area (Å²) in [6.07, 6.45) is -11.8. The Labute approximate surface area is 112 Å². The van der Waals surface area contributed by atoms with Gasteiger partial charge < -0.3 is 4.74 Å². The Morgan fingerprint density at radius 1 is 0.950 bits per heavy atom. The molecule has 1 rings (SSSR count). The van der Waals surface area contributed by atoms with Crippen molar-refractivity contribution >= 4 is 0 Å². The molecule has 0 N–H and O–H groups in total. The van der Waals surface area contributed by atoms with Gasteiger partial charge in [0.15, 0.2) is 6.10 Å². The van der Waals surface area contributed by atoms with Crippen molar-refractivity contribution in [1.82, 2.24) is 0 Å². The first-order chi connectivity index (χ1) is 8.93. The van der Waals surface area contributed by atoms with E-state index in [9.17, 15) is 26.3 Å². The summed E-state index contributed by atoms with van der Waals surface area (Å²) < 4.78 is 80.2. The Kier molecular flexibility index (Phi) is 4.61. The zero-order chi connectivity index (χ0) is 15.7. The normalized spacial score (nSPS) is 14.5. The second-order valence-corrected chi connectivity index (χ2v) is 4.71. The maximum Gasteiger partial charge on any atom is 0.425 e. The van der Waals surface area contributed by atoms with Gasteiger partial charge in [-0.05, 0) is 30.5 Å². The summed E-state index contributed by atoms with van der Waals surface area (Å²) >= 11 is 0. The number of hydrogen-bond acceptors (Lipinski definition) is 1. The Morgan fingerprint density at radius 3 is 1.90 bits per heavy atom. The molecule has 0 radical (unpaired) electrons. The fourth-order valence-electron chi connectivity index (χ4n) is 1.49. The average molecular weight is 300 g/mol. The van der Waals surface area contributed by atoms with E-state index in [4.69, 9.17) is 0 Å². The number of rotatable bonds is 3. The van der Waals surface area contributed by atoms with Crippen LogP contribution in [0.25, 0.3) is 0 Å². The number of halogens is 6. The third-order valence-electron chi connectivity index (χ3n) is 2.74. The van der Waals surface area contributed by atoms with Crippen LogP contribution in [0.4, 0.5) is 26.3 Å². The van der Waals surface area contributed by atoms with Gasteiger partial charge in [-0.25, -0.2) is 0 Å². The monoisotopic (exact) mass is 300 g/mol. The van der Waals surface area contributed by atoms with Gasteiger partial charge in [-0.2, -0.15) is 26.3 Å². The van der Waals surface area contributed by atoms with E-state index in [-0.39, 0.29) is 5.92 Å². The standard InChI is InChI=1S/C13H14F6O/c1-7(2)9-4-5-11(10(6-9)13(17,18)19)20-8(3)12(14,15)16/h4-8H,1-3H3/t8-/m1/s1. The first-order valence-corrected chi connectivity index (χ1v) is 5.87. The van der Waals surface area contributed by atoms with Crippen LogP contribution in [0.5, 0.6) is 5.75 Å². The van der Waals surface area contributed by atoms with Crippen LogP contribution in [0, 0.1) is 0 Å². The van der Waals surface area contributed by atoms with Crippen LogP contribution in [-0.2, 0) is 6.18 Å². The molecule has 0 heterocycles. The van der Waals surface area contributed by atoms with Crippen LogP contribution < -0.4 is 4.74 Å². The summed E-state index contributed by atoms with van der Waals surface area (Å²) in [4.78, 5) is 0. The second-order valence-electron chi connectivity index (χ2n) is 4.71. The zero-order valence-corrected chi connectivity index (χ0v) is 11.1. The van der Waals surface area contributed by atoms with Gasteiger partial charge in [-0.15, -0.1) is 0 Å². The molecule has 0 saturated carbocycles. The molecular formula is C13H14F6O. The lowest BCUT2D eigenvalue weighted by molar-refractivity contribution is -0.191. The minimum absolute atomic E-state index is 0.176. The van der Waals surface area contributed by atoms with Gasteiger partial charge in [0.2, 0.25) is 0 Å². The summed E-state index contributed by atoms with van der Waals surface area (Å²) in [7, 11) is 0. The molecular weight excluding hydrogens is 286 g/mol. The molecule has 7 heteroatoms. The van der Waals surface area contributed by atoms with E-state index in [0.29, 0.717) is 12.5 Å². The molecule has 0 aliphatic heterocycles. The minimum atomic E-state index is -4.77. The van der Waals surface area contributed by atoms with Crippen LogP contribution in [-0.4, -0.2) is 12.3 Å². The average Bonchev–Trinajstić information content (AvgIpc) is 2.26. The molecule has 1 atom stereocenters. The molecule has 1 aromatic rings. The van der Waals surface area contributed by atoms with Gasteiger partial charge in [-0.1, -0.05) is 19.9 Å². The van der Waals surface area contributed by atoms with Gasteiger partial charge in [0.1, 0.15) is 5.75 Å². The topological polar surface area (TPSA) is 9.23 Å². The molecule has 0 aliphatic carbocycles. The van der Waals surface area contributed by atoms with E-state index in [1.165, 1.54) is 6.07 Å². The highest BCUT2D eigenvalue weighted by Crippen LogP contribution is 2.39. The predicted molar refractivity (Wildman–Crippen MR) is 61.7 cm³/mol. The summed E-state index contributed by atoms with van der Waals surface area (Å²) in [5.41, 5.74) is -0.816. The summed E-state index contributed by atoms with van der Waals surface area (Å²) in [6, 6.07) is 3.09. The lowest BCUT2D eigenvalue weighted by Gasteiger charge is -2.21. The summed E-state index contributed by atoms with van der Waals surface area (Å²) in [5, 5.41) is 0. The third kappa shape index (κ3) is 4.05. The van der Waals surface area contributed by atoms with Crippen LogP contribution in [0.15, 0.2) is 18.2 Å². The molecule has 20 heavy (non-hydrogen) atoms. The summed E-state index contributed by atoms with van der Waals surface area (Å²) in [6.45, 7) is 4.04. The number of alkyl halides is 6. The van der Waals surface area contributed by atoms with Crippen molar-refractivity contribution < 1.29 is 31.1 Å². The highest BCUT2D eigenvalue weighted by molar-refractivity contribution is 5.40. The van der Waals surface area contributed by atoms with Crippen molar-refractivity contribution in [1.29, 1.82) is 0 Å². The van der Waals surface area contributed by atoms with E-state index >= 15 is 0 Å². The number of ether oxygens (including phenoxy) is 1. The van der Waals surface area contributed by atoms with Crippen LogP contribution in [0.3, 0.4) is 0 Å². The van der Waals surface area contributed by atoms with Crippen molar-refractivity contribution in [2.75, 3.05) is 0 Å². The SMILES string of the molecule is CC(C)c1ccc(O[C@H](C)C(F)(F)F)c(C(F)(F)F)c1. The number of benzene rings is 1. The molecule has 1 aromatic carbocycles. The van der Waals surface area contributed by atoms with Crippen LogP contribution >= 0.6 is 0 Å². The van der Waals surface area contributed by atoms with Gasteiger partial charge in [0.25, 0.3) is 0 Å². The largest absolute Gasteiger partial charge is 0.481 e. The Morgan fingerprint density at radius 2 is 1.50 bits per heavy atom. The lowest BCUT2D eigenvalue weighted by atomic mass is 10.00. The number of hydrogen-bond donors (Lipinski definition) is 0. The van der Waals surface area contributed by atoms with E-state index in [0.717, 1.165) is 12.1 Å². The molecule has 1 nitrogen and oxygen atoms in total. The lowest BCUT2D eigenvalue weighted by Crippen LogP contribution is -2.31. The maximum atomic E-state index is 12.9. The van der Waals surface area contributed by atoms with Crippen LogP contribution in [0.2, 0.25) is 0 Å². The molecule has 0 fully saturated rings. The third-order valence-corrected chi connectivity index (χ3v) is 2.74. The Bertz CT molecular complexity index is 461. The van der Waals surface area contributed by atoms with E-state index in [2.05, 4.69) is 4.74 Å². The fraction of sp³-hybridized carbons (Fsp3) is 0.538. The quantitative estimate of drug-likeness (QED) is 0.701.